The molecular formula is C6H8BrN3. The van der Waals surface area contributed by atoms with Crippen LogP contribution < -0.4 is 0 Å². The van der Waals surface area contributed by atoms with Crippen molar-refractivity contribution in [2.24, 2.45) is 0 Å². The van der Waals surface area contributed by atoms with Gasteiger partial charge in [0.25, 0.3) is 0 Å². The molecule has 3 nitrogen and oxygen atoms in total. The monoisotopic (exact) mass is 201 g/mol. The van der Waals surface area contributed by atoms with Gasteiger partial charge in [0, 0.05) is 0 Å². The summed E-state index contributed by atoms with van der Waals surface area (Å²) in [5.41, 5.74) is 0. The molecule has 0 unspecified atom stereocenters. The molecular weight excluding hydrogens is 194 g/mol. The summed E-state index contributed by atoms with van der Waals surface area (Å²) in [6.07, 6.45) is 0. The third-order valence-corrected chi connectivity index (χ3v) is 1.53. The second-order valence-electron chi connectivity index (χ2n) is 1.98. The third kappa shape index (κ3) is 1.73. The summed E-state index contributed by atoms with van der Waals surface area (Å²) in [5, 5.41) is 0.692. The van der Waals surface area contributed by atoms with Gasteiger partial charge in [-0.2, -0.15) is 0 Å². The highest BCUT2D eigenvalue weighted by Crippen LogP contribution is 1.98. The van der Waals surface area contributed by atoms with Crippen LogP contribution in [0.2, 0.25) is 0 Å². The van der Waals surface area contributed by atoms with Crippen LogP contribution >= 0.6 is 15.9 Å². The van der Waals surface area contributed by atoms with Crippen LogP contribution in [0, 0.1) is 13.8 Å². The predicted octanol–water partition coefficient (Wildman–Crippen LogP) is 1.38. The van der Waals surface area contributed by atoms with Crippen molar-refractivity contribution in [3.05, 3.63) is 17.5 Å². The van der Waals surface area contributed by atoms with Crippen LogP contribution in [0.1, 0.15) is 17.5 Å². The van der Waals surface area contributed by atoms with E-state index in [0.717, 1.165) is 17.5 Å². The van der Waals surface area contributed by atoms with Crippen molar-refractivity contribution in [3.8, 4) is 0 Å². The second kappa shape index (κ2) is 3.05. The summed E-state index contributed by atoms with van der Waals surface area (Å²) < 4.78 is 0. The van der Waals surface area contributed by atoms with Crippen molar-refractivity contribution in [3.63, 3.8) is 0 Å². The molecule has 0 saturated heterocycles. The topological polar surface area (TPSA) is 38.7 Å². The van der Waals surface area contributed by atoms with Crippen LogP contribution in [0.5, 0.6) is 0 Å². The lowest BCUT2D eigenvalue weighted by Gasteiger charge is -1.96. The number of nitrogens with zero attached hydrogens (tertiary/aromatic N) is 3. The van der Waals surface area contributed by atoms with Gasteiger partial charge in [-0.3, -0.25) is 0 Å². The molecule has 1 heterocycles. The smallest absolute Gasteiger partial charge is 0.143 e. The highest BCUT2D eigenvalue weighted by atomic mass is 79.9. The molecule has 0 radical (unpaired) electrons. The van der Waals surface area contributed by atoms with Gasteiger partial charge in [0.15, 0.2) is 0 Å². The molecule has 1 aromatic heterocycles. The maximum Gasteiger partial charge on any atom is 0.143 e. The molecule has 0 N–H and O–H groups in total. The van der Waals surface area contributed by atoms with E-state index in [0.29, 0.717) is 5.33 Å². The lowest BCUT2D eigenvalue weighted by molar-refractivity contribution is 0.870. The quantitative estimate of drug-likeness (QED) is 0.645. The zero-order valence-electron chi connectivity index (χ0n) is 5.93. The molecule has 0 aliphatic rings. The van der Waals surface area contributed by atoms with E-state index >= 15 is 0 Å². The van der Waals surface area contributed by atoms with Crippen molar-refractivity contribution >= 4 is 15.9 Å². The lowest BCUT2D eigenvalue weighted by Crippen LogP contribution is -1.99. The van der Waals surface area contributed by atoms with Gasteiger partial charge in [0.05, 0.1) is 5.33 Å². The summed E-state index contributed by atoms with van der Waals surface area (Å²) in [4.78, 5) is 12.2. The first-order chi connectivity index (χ1) is 4.72. The molecule has 0 aliphatic heterocycles. The van der Waals surface area contributed by atoms with Gasteiger partial charge in [-0.25, -0.2) is 15.0 Å². The van der Waals surface area contributed by atoms with Crippen molar-refractivity contribution in [2.75, 3.05) is 0 Å². The normalized spacial score (nSPS) is 9.90. The summed E-state index contributed by atoms with van der Waals surface area (Å²) in [7, 11) is 0. The fraction of sp³-hybridized carbons (Fsp3) is 0.500. The Hall–Kier alpha value is -0.510. The van der Waals surface area contributed by atoms with Crippen molar-refractivity contribution in [1.29, 1.82) is 0 Å². The Morgan fingerprint density at radius 2 is 1.60 bits per heavy atom. The second-order valence-corrected chi connectivity index (χ2v) is 2.54. The molecule has 0 saturated carbocycles. The van der Waals surface area contributed by atoms with Gasteiger partial charge in [-0.1, -0.05) is 15.9 Å². The zero-order chi connectivity index (χ0) is 7.56. The van der Waals surface area contributed by atoms with Crippen molar-refractivity contribution in [1.82, 2.24) is 15.0 Å². The molecule has 54 valence electrons. The first kappa shape index (κ1) is 7.60. The predicted molar refractivity (Wildman–Crippen MR) is 41.9 cm³/mol. The van der Waals surface area contributed by atoms with E-state index in [2.05, 4.69) is 30.9 Å². The molecule has 0 aromatic carbocycles. The number of halogens is 1. The van der Waals surface area contributed by atoms with E-state index in [-0.39, 0.29) is 0 Å². The van der Waals surface area contributed by atoms with Gasteiger partial charge >= 0.3 is 0 Å². The van der Waals surface area contributed by atoms with Crippen LogP contribution in [-0.2, 0) is 5.33 Å². The molecule has 0 amide bonds. The van der Waals surface area contributed by atoms with Crippen LogP contribution in [-0.4, -0.2) is 15.0 Å². The average Bonchev–Trinajstić information content (AvgIpc) is 1.85. The molecule has 10 heavy (non-hydrogen) atoms. The van der Waals surface area contributed by atoms with Crippen LogP contribution in [0.25, 0.3) is 0 Å². The maximum atomic E-state index is 4.08. The Kier molecular flexibility index (Phi) is 2.32. The number of hydrogen-bond donors (Lipinski definition) is 0. The molecule has 0 atom stereocenters. The summed E-state index contributed by atoms with van der Waals surface area (Å²) >= 11 is 3.27. The number of aromatic nitrogens is 3. The first-order valence-electron chi connectivity index (χ1n) is 2.96. The molecule has 0 bridgehead atoms. The van der Waals surface area contributed by atoms with Crippen LogP contribution in [0.15, 0.2) is 0 Å². The molecule has 0 aliphatic carbocycles. The van der Waals surface area contributed by atoms with Crippen molar-refractivity contribution < 1.29 is 0 Å². The number of hydrogen-bond acceptors (Lipinski definition) is 3. The van der Waals surface area contributed by atoms with Gasteiger partial charge in [-0.15, -0.1) is 0 Å². The van der Waals surface area contributed by atoms with Gasteiger partial charge in [-0.05, 0) is 13.8 Å². The van der Waals surface area contributed by atoms with Crippen LogP contribution in [0.4, 0.5) is 0 Å². The maximum absolute atomic E-state index is 4.08. The molecule has 4 heteroatoms. The zero-order valence-corrected chi connectivity index (χ0v) is 7.51. The number of alkyl halides is 1. The largest absolute Gasteiger partial charge is 0.219 e. The highest BCUT2D eigenvalue weighted by molar-refractivity contribution is 9.08. The molecule has 0 spiro atoms. The summed E-state index contributed by atoms with van der Waals surface area (Å²) in [6, 6.07) is 0. The van der Waals surface area contributed by atoms with E-state index in [1.807, 2.05) is 13.8 Å². The van der Waals surface area contributed by atoms with Crippen molar-refractivity contribution in [2.45, 2.75) is 19.2 Å². The minimum Gasteiger partial charge on any atom is -0.219 e. The Morgan fingerprint density at radius 3 is 2.00 bits per heavy atom. The molecule has 1 rings (SSSR count). The summed E-state index contributed by atoms with van der Waals surface area (Å²) in [5.74, 6) is 2.36. The summed E-state index contributed by atoms with van der Waals surface area (Å²) in [6.45, 7) is 3.72. The fourth-order valence-electron chi connectivity index (χ4n) is 0.742. The molecule has 1 aromatic rings. The Bertz CT molecular complexity index is 216. The minimum atomic E-state index is 0.692. The van der Waals surface area contributed by atoms with E-state index < -0.39 is 0 Å². The minimum absolute atomic E-state index is 0.692. The van der Waals surface area contributed by atoms with Gasteiger partial charge in [0.1, 0.15) is 17.5 Å². The van der Waals surface area contributed by atoms with E-state index in [4.69, 9.17) is 0 Å². The fourth-order valence-corrected chi connectivity index (χ4v) is 0.993. The van der Waals surface area contributed by atoms with E-state index in [9.17, 15) is 0 Å². The van der Waals surface area contributed by atoms with E-state index in [1.54, 1.807) is 0 Å². The molecule has 0 fully saturated rings. The number of aryl methyl sites for hydroxylation is 2. The Labute approximate surface area is 68.1 Å². The Morgan fingerprint density at radius 1 is 1.10 bits per heavy atom. The SMILES string of the molecule is Cc1nc(C)nc(CBr)n1. The highest BCUT2D eigenvalue weighted by Gasteiger charge is 1.96. The van der Waals surface area contributed by atoms with Gasteiger partial charge < -0.3 is 0 Å². The van der Waals surface area contributed by atoms with Crippen LogP contribution in [0.3, 0.4) is 0 Å². The lowest BCUT2D eigenvalue weighted by atomic mass is 10.6. The number of rotatable bonds is 1. The van der Waals surface area contributed by atoms with E-state index in [1.165, 1.54) is 0 Å². The van der Waals surface area contributed by atoms with Gasteiger partial charge in [0.2, 0.25) is 0 Å². The Balaban J connectivity index is 3.06. The third-order valence-electron chi connectivity index (χ3n) is 1.02. The average molecular weight is 202 g/mol. The standard InChI is InChI=1S/C6H8BrN3/c1-4-8-5(2)10-6(3-7)9-4/h3H2,1-2H3. The first-order valence-corrected chi connectivity index (χ1v) is 4.08.